The van der Waals surface area contributed by atoms with Crippen molar-refractivity contribution in [2.75, 3.05) is 5.43 Å². The molecule has 2 N–H and O–H groups in total. The first-order valence-corrected chi connectivity index (χ1v) is 8.59. The van der Waals surface area contributed by atoms with Crippen molar-refractivity contribution in [3.05, 3.63) is 94.5 Å². The summed E-state index contributed by atoms with van der Waals surface area (Å²) >= 11 is 6.16. The highest BCUT2D eigenvalue weighted by atomic mass is 35.5. The van der Waals surface area contributed by atoms with Crippen LogP contribution in [-0.4, -0.2) is 17.3 Å². The SMILES string of the molecule is O=C(O)c1ccccc1N/N=C/c1ccccc1OCc1ccccc1Cl. The maximum absolute atomic E-state index is 11.2. The standard InChI is InChI=1S/C21H17ClN2O3/c22-18-10-4-1-8-16(18)14-27-20-12-6-2-7-15(20)13-23-24-19-11-5-3-9-17(19)21(25)26/h1-13,24H,14H2,(H,25,26)/b23-13+. The molecular formula is C21H17ClN2O3. The van der Waals surface area contributed by atoms with Crippen LogP contribution in [0.5, 0.6) is 5.75 Å². The maximum Gasteiger partial charge on any atom is 0.337 e. The van der Waals surface area contributed by atoms with E-state index in [4.69, 9.17) is 16.3 Å². The van der Waals surface area contributed by atoms with Gasteiger partial charge in [-0.05, 0) is 30.3 Å². The predicted molar refractivity (Wildman–Crippen MR) is 107 cm³/mol. The summed E-state index contributed by atoms with van der Waals surface area (Å²) in [7, 11) is 0. The molecule has 0 saturated heterocycles. The number of rotatable bonds is 7. The molecule has 3 rings (SSSR count). The van der Waals surface area contributed by atoms with Crippen molar-refractivity contribution in [2.45, 2.75) is 6.61 Å². The van der Waals surface area contributed by atoms with Crippen molar-refractivity contribution < 1.29 is 14.6 Å². The molecule has 0 fully saturated rings. The van der Waals surface area contributed by atoms with E-state index in [0.717, 1.165) is 11.1 Å². The fourth-order valence-corrected chi connectivity index (χ4v) is 2.62. The van der Waals surface area contributed by atoms with Gasteiger partial charge in [0.1, 0.15) is 12.4 Å². The summed E-state index contributed by atoms with van der Waals surface area (Å²) in [6, 6.07) is 21.5. The molecule has 0 saturated carbocycles. The van der Waals surface area contributed by atoms with Crippen LogP contribution in [0.3, 0.4) is 0 Å². The zero-order valence-electron chi connectivity index (χ0n) is 14.3. The van der Waals surface area contributed by atoms with Gasteiger partial charge in [0.25, 0.3) is 0 Å². The summed E-state index contributed by atoms with van der Waals surface area (Å²) in [5.41, 5.74) is 4.97. The van der Waals surface area contributed by atoms with E-state index in [1.54, 1.807) is 24.4 Å². The van der Waals surface area contributed by atoms with Crippen LogP contribution in [0.4, 0.5) is 5.69 Å². The van der Waals surface area contributed by atoms with Gasteiger partial charge in [-0.25, -0.2) is 4.79 Å². The Hall–Kier alpha value is -3.31. The zero-order valence-corrected chi connectivity index (χ0v) is 15.1. The van der Waals surface area contributed by atoms with Crippen LogP contribution in [0.15, 0.2) is 77.9 Å². The summed E-state index contributed by atoms with van der Waals surface area (Å²) in [6.07, 6.45) is 1.58. The van der Waals surface area contributed by atoms with Gasteiger partial charge in [0.2, 0.25) is 0 Å². The Labute approximate surface area is 161 Å². The van der Waals surface area contributed by atoms with E-state index in [1.807, 2.05) is 48.5 Å². The first kappa shape index (κ1) is 18.5. The Balaban J connectivity index is 1.72. The van der Waals surface area contributed by atoms with E-state index in [0.29, 0.717) is 23.1 Å². The van der Waals surface area contributed by atoms with Crippen molar-refractivity contribution in [3.8, 4) is 5.75 Å². The van der Waals surface area contributed by atoms with Gasteiger partial charge in [-0.15, -0.1) is 0 Å². The monoisotopic (exact) mass is 380 g/mol. The van der Waals surface area contributed by atoms with Crippen molar-refractivity contribution in [2.24, 2.45) is 5.10 Å². The number of hydrogen-bond acceptors (Lipinski definition) is 4. The molecule has 0 heterocycles. The lowest BCUT2D eigenvalue weighted by molar-refractivity contribution is 0.0698. The number of carboxylic acids is 1. The molecule has 0 radical (unpaired) electrons. The molecule has 3 aromatic carbocycles. The average Bonchev–Trinajstić information content (AvgIpc) is 2.68. The van der Waals surface area contributed by atoms with Crippen LogP contribution in [0.2, 0.25) is 5.02 Å². The van der Waals surface area contributed by atoms with Crippen LogP contribution < -0.4 is 10.2 Å². The fourth-order valence-electron chi connectivity index (χ4n) is 2.43. The van der Waals surface area contributed by atoms with E-state index < -0.39 is 5.97 Å². The van der Waals surface area contributed by atoms with Crippen LogP contribution in [0.1, 0.15) is 21.5 Å². The summed E-state index contributed by atoms with van der Waals surface area (Å²) in [5, 5.41) is 14.0. The minimum absolute atomic E-state index is 0.151. The molecule has 0 amide bonds. The number of ether oxygens (including phenoxy) is 1. The molecule has 0 spiro atoms. The van der Waals surface area contributed by atoms with Crippen LogP contribution in [0, 0.1) is 0 Å². The quantitative estimate of drug-likeness (QED) is 0.443. The highest BCUT2D eigenvalue weighted by Crippen LogP contribution is 2.21. The van der Waals surface area contributed by atoms with Gasteiger partial charge < -0.3 is 9.84 Å². The Bertz CT molecular complexity index is 973. The maximum atomic E-state index is 11.2. The first-order chi connectivity index (χ1) is 13.1. The number of halogens is 1. The molecule has 0 aliphatic carbocycles. The molecule has 136 valence electrons. The van der Waals surface area contributed by atoms with Crippen molar-refractivity contribution in [3.63, 3.8) is 0 Å². The number of hydrazone groups is 1. The van der Waals surface area contributed by atoms with Gasteiger partial charge in [0.15, 0.2) is 0 Å². The highest BCUT2D eigenvalue weighted by Gasteiger charge is 2.08. The Morgan fingerprint density at radius 1 is 1.04 bits per heavy atom. The van der Waals surface area contributed by atoms with Crippen molar-refractivity contribution >= 4 is 29.5 Å². The number of para-hydroxylation sites is 2. The highest BCUT2D eigenvalue weighted by molar-refractivity contribution is 6.31. The van der Waals surface area contributed by atoms with Crippen molar-refractivity contribution in [1.82, 2.24) is 0 Å². The molecule has 0 atom stereocenters. The number of nitrogens with zero attached hydrogens (tertiary/aromatic N) is 1. The fraction of sp³-hybridized carbons (Fsp3) is 0.0476. The molecule has 27 heavy (non-hydrogen) atoms. The number of hydrogen-bond donors (Lipinski definition) is 2. The molecular weight excluding hydrogens is 364 g/mol. The largest absolute Gasteiger partial charge is 0.488 e. The third kappa shape index (κ3) is 4.86. The van der Waals surface area contributed by atoms with E-state index >= 15 is 0 Å². The lowest BCUT2D eigenvalue weighted by Crippen LogP contribution is -2.02. The van der Waals surface area contributed by atoms with Crippen molar-refractivity contribution in [1.29, 1.82) is 0 Å². The minimum atomic E-state index is -1.02. The number of carbonyl (C=O) groups is 1. The number of carboxylic acid groups (broad SMARTS) is 1. The predicted octanol–water partition coefficient (Wildman–Crippen LogP) is 5.06. The molecule has 5 nitrogen and oxygen atoms in total. The van der Waals surface area contributed by atoms with E-state index in [1.165, 1.54) is 6.07 Å². The van der Waals surface area contributed by atoms with Crippen LogP contribution in [-0.2, 0) is 6.61 Å². The Morgan fingerprint density at radius 3 is 2.56 bits per heavy atom. The average molecular weight is 381 g/mol. The Kier molecular flexibility index (Phi) is 6.07. The molecule has 0 unspecified atom stereocenters. The molecule has 3 aromatic rings. The summed E-state index contributed by atoms with van der Waals surface area (Å²) in [5.74, 6) is -0.369. The summed E-state index contributed by atoms with van der Waals surface area (Å²) in [6.45, 7) is 0.333. The van der Waals surface area contributed by atoms with Crippen LogP contribution >= 0.6 is 11.6 Å². The lowest BCUT2D eigenvalue weighted by Gasteiger charge is -2.10. The van der Waals surface area contributed by atoms with Gasteiger partial charge in [0, 0.05) is 16.1 Å². The summed E-state index contributed by atoms with van der Waals surface area (Å²) < 4.78 is 5.87. The second-order valence-electron chi connectivity index (χ2n) is 5.64. The topological polar surface area (TPSA) is 70.9 Å². The van der Waals surface area contributed by atoms with Gasteiger partial charge in [-0.3, -0.25) is 5.43 Å². The molecule has 6 heteroatoms. The van der Waals surface area contributed by atoms with Gasteiger partial charge >= 0.3 is 5.97 Å². The van der Waals surface area contributed by atoms with Gasteiger partial charge in [0.05, 0.1) is 17.5 Å². The molecule has 0 aliphatic heterocycles. The van der Waals surface area contributed by atoms with Gasteiger partial charge in [-0.1, -0.05) is 54.1 Å². The van der Waals surface area contributed by atoms with E-state index in [-0.39, 0.29) is 5.56 Å². The number of benzene rings is 3. The number of aromatic carboxylic acids is 1. The smallest absolute Gasteiger partial charge is 0.337 e. The normalized spacial score (nSPS) is 10.7. The number of nitrogens with one attached hydrogen (secondary N) is 1. The molecule has 0 bridgehead atoms. The third-order valence-electron chi connectivity index (χ3n) is 3.81. The lowest BCUT2D eigenvalue weighted by atomic mass is 10.2. The van der Waals surface area contributed by atoms with E-state index in [9.17, 15) is 9.90 Å². The zero-order chi connectivity index (χ0) is 19.1. The minimum Gasteiger partial charge on any atom is -0.488 e. The second kappa shape index (κ2) is 8.87. The van der Waals surface area contributed by atoms with Crippen LogP contribution in [0.25, 0.3) is 0 Å². The molecule has 0 aromatic heterocycles. The summed E-state index contributed by atoms with van der Waals surface area (Å²) in [4.78, 5) is 11.2. The Morgan fingerprint density at radius 2 is 1.74 bits per heavy atom. The first-order valence-electron chi connectivity index (χ1n) is 8.22. The van der Waals surface area contributed by atoms with E-state index in [2.05, 4.69) is 10.5 Å². The second-order valence-corrected chi connectivity index (χ2v) is 6.05. The third-order valence-corrected chi connectivity index (χ3v) is 4.17. The number of anilines is 1. The van der Waals surface area contributed by atoms with Gasteiger partial charge in [-0.2, -0.15) is 5.10 Å². The molecule has 0 aliphatic rings.